The molecule has 8 heteroatoms. The minimum Gasteiger partial charge on any atom is -0.497 e. The van der Waals surface area contributed by atoms with Gasteiger partial charge in [-0.25, -0.2) is 9.07 Å². The maximum atomic E-state index is 13.2. The summed E-state index contributed by atoms with van der Waals surface area (Å²) in [5.41, 5.74) is 2.42. The van der Waals surface area contributed by atoms with E-state index in [4.69, 9.17) is 16.3 Å². The monoisotopic (exact) mass is 430 g/mol. The van der Waals surface area contributed by atoms with E-state index in [0.29, 0.717) is 23.5 Å². The Morgan fingerprint density at radius 2 is 1.83 bits per heavy atom. The number of halogens is 2. The van der Waals surface area contributed by atoms with Crippen LogP contribution < -0.4 is 10.1 Å². The number of rotatable bonds is 7. The highest BCUT2D eigenvalue weighted by molar-refractivity contribution is 6.33. The number of carbonyl (C=O) groups is 1. The molecule has 0 aliphatic heterocycles. The quantitative estimate of drug-likeness (QED) is 0.615. The van der Waals surface area contributed by atoms with E-state index in [1.54, 1.807) is 26.2 Å². The van der Waals surface area contributed by atoms with Gasteiger partial charge in [-0.1, -0.05) is 23.7 Å². The van der Waals surface area contributed by atoms with Crippen LogP contribution in [-0.4, -0.2) is 48.3 Å². The van der Waals surface area contributed by atoms with Crippen LogP contribution in [0.3, 0.4) is 0 Å². The summed E-state index contributed by atoms with van der Waals surface area (Å²) in [5, 5.41) is 7.48. The molecule has 6 nitrogen and oxygen atoms in total. The number of carbonyl (C=O) groups excluding carboxylic acids is 1. The molecule has 1 amide bonds. The predicted octanol–water partition coefficient (Wildman–Crippen LogP) is 4.01. The normalized spacial score (nSPS) is 12.1. The van der Waals surface area contributed by atoms with Crippen LogP contribution >= 0.6 is 11.6 Å². The Bertz CT molecular complexity index is 1020. The van der Waals surface area contributed by atoms with Crippen molar-refractivity contribution < 1.29 is 13.9 Å². The summed E-state index contributed by atoms with van der Waals surface area (Å²) in [6.45, 7) is 2.10. The lowest BCUT2D eigenvalue weighted by Gasteiger charge is -2.25. The lowest BCUT2D eigenvalue weighted by molar-refractivity contribution is 0.0941. The van der Waals surface area contributed by atoms with E-state index in [0.717, 1.165) is 11.3 Å². The molecule has 0 fully saturated rings. The molecule has 3 rings (SSSR count). The fourth-order valence-electron chi connectivity index (χ4n) is 3.21. The average molecular weight is 431 g/mol. The summed E-state index contributed by atoms with van der Waals surface area (Å²) in [6, 6.07) is 13.4. The molecule has 0 saturated heterocycles. The summed E-state index contributed by atoms with van der Waals surface area (Å²) in [5.74, 6) is 0.104. The summed E-state index contributed by atoms with van der Waals surface area (Å²) in [6.07, 6.45) is 0. The topological polar surface area (TPSA) is 59.4 Å². The minimum absolute atomic E-state index is 0.0360. The van der Waals surface area contributed by atoms with Crippen LogP contribution in [0.5, 0.6) is 5.75 Å². The number of aromatic nitrogens is 2. The molecule has 0 aliphatic carbocycles. The summed E-state index contributed by atoms with van der Waals surface area (Å²) < 4.78 is 19.8. The van der Waals surface area contributed by atoms with Crippen LogP contribution in [0.4, 0.5) is 4.39 Å². The molecule has 0 saturated carbocycles. The third-order valence-corrected chi connectivity index (χ3v) is 5.23. The number of hydrogen-bond acceptors (Lipinski definition) is 4. The van der Waals surface area contributed by atoms with Gasteiger partial charge in [-0.2, -0.15) is 5.10 Å². The molecule has 1 heterocycles. The first-order valence-corrected chi connectivity index (χ1v) is 9.79. The molecule has 3 aromatic rings. The lowest BCUT2D eigenvalue weighted by atomic mass is 10.1. The molecule has 1 unspecified atom stereocenters. The highest BCUT2D eigenvalue weighted by Gasteiger charge is 2.23. The van der Waals surface area contributed by atoms with Crippen LogP contribution in [0.15, 0.2) is 48.5 Å². The van der Waals surface area contributed by atoms with E-state index in [-0.39, 0.29) is 22.9 Å². The van der Waals surface area contributed by atoms with Gasteiger partial charge < -0.3 is 15.0 Å². The summed E-state index contributed by atoms with van der Waals surface area (Å²) in [7, 11) is 5.52. The third-order valence-electron chi connectivity index (χ3n) is 4.88. The van der Waals surface area contributed by atoms with E-state index in [1.807, 2.05) is 43.3 Å². The van der Waals surface area contributed by atoms with E-state index in [2.05, 4.69) is 10.4 Å². The molecule has 0 spiro atoms. The second-order valence-corrected chi connectivity index (χ2v) is 7.46. The van der Waals surface area contributed by atoms with E-state index in [1.165, 1.54) is 16.8 Å². The second-order valence-electron chi connectivity index (χ2n) is 7.10. The van der Waals surface area contributed by atoms with Crippen molar-refractivity contribution in [3.63, 3.8) is 0 Å². The Kier molecular flexibility index (Phi) is 6.74. The molecule has 2 aromatic carbocycles. The standard InChI is InChI=1S/C22H24ClFN4O2/c1-14-20(21(23)28(26-14)17-9-7-16(24)8-10-17)22(29)25-13-19(27(2)3)15-5-11-18(30-4)12-6-15/h5-12,19H,13H2,1-4H3,(H,25,29). The Labute approximate surface area is 180 Å². The fraction of sp³-hybridized carbons (Fsp3) is 0.273. The largest absolute Gasteiger partial charge is 0.497 e. The SMILES string of the molecule is COc1ccc(C(CNC(=O)c2c(C)nn(-c3ccc(F)cc3)c2Cl)N(C)C)cc1. The van der Waals surface area contributed by atoms with Crippen molar-refractivity contribution in [2.24, 2.45) is 0 Å². The molecule has 30 heavy (non-hydrogen) atoms. The van der Waals surface area contributed by atoms with E-state index < -0.39 is 0 Å². The second kappa shape index (κ2) is 9.28. The maximum Gasteiger partial charge on any atom is 0.256 e. The Morgan fingerprint density at radius 3 is 2.40 bits per heavy atom. The fourth-order valence-corrected chi connectivity index (χ4v) is 3.57. The van der Waals surface area contributed by atoms with Crippen LogP contribution in [0, 0.1) is 12.7 Å². The Morgan fingerprint density at radius 1 is 1.20 bits per heavy atom. The molecule has 1 atom stereocenters. The molecule has 158 valence electrons. The molecule has 0 aliphatic rings. The highest BCUT2D eigenvalue weighted by Crippen LogP contribution is 2.25. The number of aryl methyl sites for hydroxylation is 1. The minimum atomic E-state index is -0.357. The van der Waals surface area contributed by atoms with Crippen LogP contribution in [0.1, 0.15) is 27.7 Å². The summed E-state index contributed by atoms with van der Waals surface area (Å²) >= 11 is 6.45. The van der Waals surface area contributed by atoms with Crippen molar-refractivity contribution >= 4 is 17.5 Å². The highest BCUT2D eigenvalue weighted by atomic mass is 35.5. The van der Waals surface area contributed by atoms with Crippen LogP contribution in [0.2, 0.25) is 5.15 Å². The third kappa shape index (κ3) is 4.63. The van der Waals surface area contributed by atoms with Gasteiger partial charge in [-0.3, -0.25) is 4.79 Å². The smallest absolute Gasteiger partial charge is 0.256 e. The van der Waals surface area contributed by atoms with Crippen molar-refractivity contribution in [1.82, 2.24) is 20.0 Å². The number of amides is 1. The van der Waals surface area contributed by atoms with Crippen molar-refractivity contribution in [3.8, 4) is 11.4 Å². The van der Waals surface area contributed by atoms with Gasteiger partial charge in [-0.05, 0) is 63.0 Å². The maximum absolute atomic E-state index is 13.2. The molecule has 1 N–H and O–H groups in total. The average Bonchev–Trinajstić information content (AvgIpc) is 3.03. The summed E-state index contributed by atoms with van der Waals surface area (Å²) in [4.78, 5) is 14.9. The molecule has 0 bridgehead atoms. The lowest BCUT2D eigenvalue weighted by Crippen LogP contribution is -2.34. The van der Waals surface area contributed by atoms with Crippen molar-refractivity contribution in [2.75, 3.05) is 27.7 Å². The molecular formula is C22H24ClFN4O2. The van der Waals surface area contributed by atoms with Crippen molar-refractivity contribution in [2.45, 2.75) is 13.0 Å². The van der Waals surface area contributed by atoms with Gasteiger partial charge in [0.25, 0.3) is 5.91 Å². The number of likely N-dealkylation sites (N-methyl/N-ethyl adjacent to an activating group) is 1. The van der Waals surface area contributed by atoms with E-state index in [9.17, 15) is 9.18 Å². The van der Waals surface area contributed by atoms with Crippen LogP contribution in [0.25, 0.3) is 5.69 Å². The zero-order valence-corrected chi connectivity index (χ0v) is 18.1. The molecule has 0 radical (unpaired) electrons. The zero-order chi connectivity index (χ0) is 21.8. The number of ether oxygens (including phenoxy) is 1. The molecule has 1 aromatic heterocycles. The zero-order valence-electron chi connectivity index (χ0n) is 17.3. The van der Waals surface area contributed by atoms with Crippen molar-refractivity contribution in [1.29, 1.82) is 0 Å². The van der Waals surface area contributed by atoms with Gasteiger partial charge in [-0.15, -0.1) is 0 Å². The number of nitrogens with zero attached hydrogens (tertiary/aromatic N) is 3. The Hall–Kier alpha value is -2.90. The number of methoxy groups -OCH3 is 1. The first-order valence-electron chi connectivity index (χ1n) is 9.41. The first kappa shape index (κ1) is 21.8. The van der Waals surface area contributed by atoms with Gasteiger partial charge in [0.2, 0.25) is 0 Å². The van der Waals surface area contributed by atoms with Crippen LogP contribution in [-0.2, 0) is 0 Å². The first-order chi connectivity index (χ1) is 14.3. The number of benzene rings is 2. The van der Waals surface area contributed by atoms with Crippen molar-refractivity contribution in [3.05, 3.63) is 76.3 Å². The number of hydrogen-bond donors (Lipinski definition) is 1. The van der Waals surface area contributed by atoms with Gasteiger partial charge in [0.15, 0.2) is 0 Å². The number of nitrogens with one attached hydrogen (secondary N) is 1. The predicted molar refractivity (Wildman–Crippen MR) is 115 cm³/mol. The van der Waals surface area contributed by atoms with Gasteiger partial charge in [0.1, 0.15) is 16.7 Å². The van der Waals surface area contributed by atoms with Gasteiger partial charge >= 0.3 is 0 Å². The molecular weight excluding hydrogens is 407 g/mol. The van der Waals surface area contributed by atoms with Gasteiger partial charge in [0, 0.05) is 6.54 Å². The Balaban J connectivity index is 1.78. The van der Waals surface area contributed by atoms with E-state index >= 15 is 0 Å². The van der Waals surface area contributed by atoms with Gasteiger partial charge in [0.05, 0.1) is 30.1 Å².